The van der Waals surface area contributed by atoms with Gasteiger partial charge in [0.2, 0.25) is 5.91 Å². The number of thiazole rings is 2. The number of methoxy groups -OCH3 is 1. The molecule has 3 rings (SSSR count). The van der Waals surface area contributed by atoms with Gasteiger partial charge in [0, 0.05) is 24.7 Å². The smallest absolute Gasteiger partial charge is 0.337 e. The molecule has 0 radical (unpaired) electrons. The Hall–Kier alpha value is -2.94. The molecule has 0 saturated heterocycles. The van der Waals surface area contributed by atoms with Crippen LogP contribution in [0.25, 0.3) is 10.2 Å². The minimum atomic E-state index is -4.06. The fourth-order valence-electron chi connectivity index (χ4n) is 2.94. The first-order valence-corrected chi connectivity index (χ1v) is 13.5. The molecule has 2 aromatic heterocycles. The van der Waals surface area contributed by atoms with E-state index in [4.69, 9.17) is 9.47 Å². The number of ether oxygens (including phenoxy) is 2. The number of rotatable bonds is 10. The molecule has 3 aromatic rings. The van der Waals surface area contributed by atoms with E-state index in [2.05, 4.69) is 15.3 Å². The van der Waals surface area contributed by atoms with Gasteiger partial charge in [-0.1, -0.05) is 11.3 Å². The van der Waals surface area contributed by atoms with Crippen LogP contribution >= 0.6 is 22.7 Å². The third kappa shape index (κ3) is 6.79. The van der Waals surface area contributed by atoms with Crippen molar-refractivity contribution in [2.45, 2.75) is 13.5 Å². The van der Waals surface area contributed by atoms with E-state index in [1.54, 1.807) is 28.1 Å². The Bertz CT molecular complexity index is 1360. The average molecular weight is 527 g/mol. The fraction of sp³-hybridized carbons (Fsp3) is 0.350. The molecule has 34 heavy (non-hydrogen) atoms. The van der Waals surface area contributed by atoms with Crippen molar-refractivity contribution in [3.05, 3.63) is 40.1 Å². The summed E-state index contributed by atoms with van der Waals surface area (Å²) in [6.07, 6.45) is 1.47. The number of aromatic nitrogens is 2. The summed E-state index contributed by atoms with van der Waals surface area (Å²) in [5.41, 5.74) is 1.04. The van der Waals surface area contributed by atoms with Gasteiger partial charge in [-0.25, -0.2) is 18.2 Å². The van der Waals surface area contributed by atoms with Gasteiger partial charge in [0.1, 0.15) is 11.5 Å². The van der Waals surface area contributed by atoms with E-state index in [0.29, 0.717) is 35.5 Å². The number of nitrogens with zero attached hydrogens (tertiary/aromatic N) is 3. The van der Waals surface area contributed by atoms with Gasteiger partial charge in [-0.3, -0.25) is 9.59 Å². The lowest BCUT2D eigenvalue weighted by Gasteiger charge is -2.06. The first kappa shape index (κ1) is 25.7. The van der Waals surface area contributed by atoms with E-state index >= 15 is 0 Å². The molecular formula is C20H22N4O7S3. The molecule has 0 saturated carbocycles. The monoisotopic (exact) mass is 526 g/mol. The van der Waals surface area contributed by atoms with Gasteiger partial charge in [0.25, 0.3) is 5.91 Å². The van der Waals surface area contributed by atoms with E-state index in [9.17, 15) is 22.8 Å². The highest BCUT2D eigenvalue weighted by atomic mass is 32.2. The van der Waals surface area contributed by atoms with Crippen molar-refractivity contribution in [2.75, 3.05) is 37.1 Å². The lowest BCUT2D eigenvalue weighted by Crippen LogP contribution is -2.28. The van der Waals surface area contributed by atoms with E-state index in [1.807, 2.05) is 6.92 Å². The number of esters is 1. The normalized spacial score (nSPS) is 12.1. The molecule has 0 aliphatic heterocycles. The van der Waals surface area contributed by atoms with Crippen LogP contribution in [0.2, 0.25) is 0 Å². The molecule has 0 spiro atoms. The van der Waals surface area contributed by atoms with Crippen molar-refractivity contribution in [2.24, 2.45) is 4.99 Å². The molecule has 0 unspecified atom stereocenters. The zero-order valence-electron chi connectivity index (χ0n) is 18.3. The summed E-state index contributed by atoms with van der Waals surface area (Å²) in [4.78, 5) is 44.4. The predicted molar refractivity (Wildman–Crippen MR) is 128 cm³/mol. The first-order valence-electron chi connectivity index (χ1n) is 9.99. The number of hydrogen-bond donors (Lipinski definition) is 1. The van der Waals surface area contributed by atoms with Gasteiger partial charge in [0.15, 0.2) is 19.8 Å². The maximum absolute atomic E-state index is 12.5. The van der Waals surface area contributed by atoms with Crippen LogP contribution in [0.3, 0.4) is 0 Å². The van der Waals surface area contributed by atoms with Gasteiger partial charge in [-0.15, -0.1) is 11.3 Å². The van der Waals surface area contributed by atoms with Crippen LogP contribution in [0.5, 0.6) is 0 Å². The van der Waals surface area contributed by atoms with Crippen LogP contribution < -0.4 is 10.1 Å². The number of carbonyl (C=O) groups excluding carboxylic acids is 3. The largest absolute Gasteiger partial charge is 0.465 e. The predicted octanol–water partition coefficient (Wildman–Crippen LogP) is 1.46. The zero-order chi connectivity index (χ0) is 24.7. The fourth-order valence-corrected chi connectivity index (χ4v) is 5.61. The third-order valence-electron chi connectivity index (χ3n) is 4.36. The Morgan fingerprint density at radius 1 is 1.24 bits per heavy atom. The van der Waals surface area contributed by atoms with Crippen LogP contribution in [-0.2, 0) is 35.4 Å². The van der Waals surface area contributed by atoms with E-state index in [-0.39, 0.29) is 9.93 Å². The molecule has 0 bridgehead atoms. The Morgan fingerprint density at radius 2 is 2.03 bits per heavy atom. The van der Waals surface area contributed by atoms with Crippen molar-refractivity contribution in [1.82, 2.24) is 9.55 Å². The van der Waals surface area contributed by atoms with E-state index < -0.39 is 39.1 Å². The number of anilines is 1. The Balaban J connectivity index is 1.84. The quantitative estimate of drug-likeness (QED) is 0.309. The second-order valence-corrected chi connectivity index (χ2v) is 10.8. The molecule has 0 atom stereocenters. The summed E-state index contributed by atoms with van der Waals surface area (Å²) in [7, 11) is -2.78. The average Bonchev–Trinajstić information content (AvgIpc) is 3.39. The molecule has 11 nitrogen and oxygen atoms in total. The SMILES string of the molecule is CCOCCn1c(=NC(=O)CS(=O)(=O)CC(=O)Nc2nccs2)sc2cc(C(=O)OC)ccc21. The van der Waals surface area contributed by atoms with Crippen molar-refractivity contribution >= 4 is 65.6 Å². The van der Waals surface area contributed by atoms with Crippen molar-refractivity contribution in [1.29, 1.82) is 0 Å². The summed E-state index contributed by atoms with van der Waals surface area (Å²) < 4.78 is 37.2. The summed E-state index contributed by atoms with van der Waals surface area (Å²) in [5.74, 6) is -4.00. The van der Waals surface area contributed by atoms with Crippen LogP contribution in [0.4, 0.5) is 5.13 Å². The molecular weight excluding hydrogens is 504 g/mol. The molecule has 0 aliphatic rings. The molecule has 0 aliphatic carbocycles. The highest BCUT2D eigenvalue weighted by Gasteiger charge is 2.22. The zero-order valence-corrected chi connectivity index (χ0v) is 20.8. The van der Waals surface area contributed by atoms with Gasteiger partial charge in [-0.05, 0) is 25.1 Å². The van der Waals surface area contributed by atoms with Gasteiger partial charge in [-0.2, -0.15) is 4.99 Å². The second kappa shape index (κ2) is 11.5. The topological polar surface area (TPSA) is 146 Å². The van der Waals surface area contributed by atoms with Crippen LogP contribution in [0.1, 0.15) is 17.3 Å². The van der Waals surface area contributed by atoms with Crippen LogP contribution in [0.15, 0.2) is 34.8 Å². The van der Waals surface area contributed by atoms with Crippen molar-refractivity contribution < 1.29 is 32.3 Å². The maximum Gasteiger partial charge on any atom is 0.337 e. The van der Waals surface area contributed by atoms with Crippen molar-refractivity contribution in [3.63, 3.8) is 0 Å². The van der Waals surface area contributed by atoms with Gasteiger partial charge in [0.05, 0.1) is 29.5 Å². The minimum absolute atomic E-state index is 0.254. The number of carbonyl (C=O) groups is 3. The second-order valence-electron chi connectivity index (χ2n) is 6.83. The molecule has 14 heteroatoms. The Morgan fingerprint density at radius 3 is 2.71 bits per heavy atom. The van der Waals surface area contributed by atoms with Gasteiger partial charge < -0.3 is 19.4 Å². The minimum Gasteiger partial charge on any atom is -0.465 e. The molecule has 0 fully saturated rings. The number of hydrogen-bond acceptors (Lipinski definition) is 10. The third-order valence-corrected chi connectivity index (χ3v) is 7.48. The Labute approximate surface area is 203 Å². The van der Waals surface area contributed by atoms with E-state index in [0.717, 1.165) is 22.7 Å². The molecule has 1 aromatic carbocycles. The lowest BCUT2D eigenvalue weighted by molar-refractivity contribution is -0.115. The summed E-state index contributed by atoms with van der Waals surface area (Å²) >= 11 is 2.27. The summed E-state index contributed by atoms with van der Waals surface area (Å²) in [5, 5.41) is 4.27. The standard InChI is InChI=1S/C20H22N4O7S3/c1-3-31-8-7-24-14-5-4-13(18(27)30-2)10-15(14)33-20(24)23-17(26)12-34(28,29)11-16(25)22-19-21-6-9-32-19/h4-6,9-10H,3,7-8,11-12H2,1-2H3,(H,21,22,25). The summed E-state index contributed by atoms with van der Waals surface area (Å²) in [6.45, 7) is 3.06. The summed E-state index contributed by atoms with van der Waals surface area (Å²) in [6, 6.07) is 4.91. The number of fused-ring (bicyclic) bond motifs is 1. The number of benzene rings is 1. The first-order chi connectivity index (χ1) is 16.2. The lowest BCUT2D eigenvalue weighted by atomic mass is 10.2. The van der Waals surface area contributed by atoms with Gasteiger partial charge >= 0.3 is 5.97 Å². The molecule has 182 valence electrons. The number of sulfone groups is 1. The highest BCUT2D eigenvalue weighted by molar-refractivity contribution is 7.92. The maximum atomic E-state index is 12.5. The molecule has 1 N–H and O–H groups in total. The van der Waals surface area contributed by atoms with Crippen molar-refractivity contribution in [3.8, 4) is 0 Å². The van der Waals surface area contributed by atoms with Crippen LogP contribution in [0, 0.1) is 0 Å². The van der Waals surface area contributed by atoms with Crippen LogP contribution in [-0.4, -0.2) is 67.6 Å². The Kier molecular flexibility index (Phi) is 8.66. The number of nitrogens with one attached hydrogen (secondary N) is 1. The van der Waals surface area contributed by atoms with E-state index in [1.165, 1.54) is 13.3 Å². The number of amides is 2. The highest BCUT2D eigenvalue weighted by Crippen LogP contribution is 2.20. The molecule has 2 heterocycles. The molecule has 2 amide bonds.